The largest absolute Gasteiger partial charge is 0.444 e. The predicted octanol–water partition coefficient (Wildman–Crippen LogP) is 6.69. The summed E-state index contributed by atoms with van der Waals surface area (Å²) in [5, 5.41) is 3.06. The summed E-state index contributed by atoms with van der Waals surface area (Å²) in [5.74, 6) is -0.809. The third kappa shape index (κ3) is 10.1. The van der Waals surface area contributed by atoms with E-state index in [0.29, 0.717) is 19.8 Å². The van der Waals surface area contributed by atoms with E-state index in [-0.39, 0.29) is 28.2 Å². The Morgan fingerprint density at radius 3 is 1.89 bits per heavy atom. The number of ether oxygens (including phenoxy) is 3. The molecule has 0 unspecified atom stereocenters. The van der Waals surface area contributed by atoms with E-state index in [2.05, 4.69) is 73.0 Å². The molecule has 7 nitrogen and oxygen atoms in total. The molecule has 1 saturated heterocycles. The van der Waals surface area contributed by atoms with Crippen LogP contribution in [0, 0.1) is 5.92 Å². The minimum atomic E-state index is -2.17. The Morgan fingerprint density at radius 2 is 1.49 bits per heavy atom. The molecule has 0 saturated carbocycles. The quantitative estimate of drug-likeness (QED) is 0.333. The molecule has 1 amide bonds. The van der Waals surface area contributed by atoms with Crippen molar-refractivity contribution in [2.24, 2.45) is 5.92 Å². The van der Waals surface area contributed by atoms with E-state index in [9.17, 15) is 4.79 Å². The van der Waals surface area contributed by atoms with Gasteiger partial charge in [-0.25, -0.2) is 4.79 Å². The minimum Gasteiger partial charge on any atom is -0.444 e. The number of carbonyl (C=O) groups is 1. The zero-order valence-corrected chi connectivity index (χ0v) is 27.3. The Balaban J connectivity index is 3.29. The molecule has 9 heteroatoms. The first-order valence-electron chi connectivity index (χ1n) is 13.0. The summed E-state index contributed by atoms with van der Waals surface area (Å²) in [4.78, 5) is 12.6. The maximum absolute atomic E-state index is 12.6. The fourth-order valence-electron chi connectivity index (χ4n) is 3.20. The predicted molar refractivity (Wildman–Crippen MR) is 148 cm³/mol. The molecule has 0 aromatic heterocycles. The fourth-order valence-corrected chi connectivity index (χ4v) is 5.64. The van der Waals surface area contributed by atoms with E-state index in [1.165, 1.54) is 0 Å². The highest BCUT2D eigenvalue weighted by Crippen LogP contribution is 2.41. The topological polar surface area (TPSA) is 75.3 Å². The van der Waals surface area contributed by atoms with Crippen LogP contribution in [0.3, 0.4) is 0 Å². The van der Waals surface area contributed by atoms with Crippen molar-refractivity contribution in [3.63, 3.8) is 0 Å². The van der Waals surface area contributed by atoms with Crippen molar-refractivity contribution in [1.82, 2.24) is 5.32 Å². The van der Waals surface area contributed by atoms with Crippen molar-refractivity contribution < 1.29 is 27.9 Å². The molecule has 0 radical (unpaired) electrons. The van der Waals surface area contributed by atoms with Crippen LogP contribution in [0.5, 0.6) is 0 Å². The minimum absolute atomic E-state index is 0.0175. The third-order valence-electron chi connectivity index (χ3n) is 7.47. The van der Waals surface area contributed by atoms with Crippen LogP contribution in [0.25, 0.3) is 0 Å². The molecule has 0 bridgehead atoms. The summed E-state index contributed by atoms with van der Waals surface area (Å²) in [6.07, 6.45) is -0.991. The lowest BCUT2D eigenvalue weighted by Gasteiger charge is -2.44. The van der Waals surface area contributed by atoms with E-state index < -0.39 is 34.1 Å². The van der Waals surface area contributed by atoms with Gasteiger partial charge in [-0.2, -0.15) is 0 Å². The van der Waals surface area contributed by atoms with Gasteiger partial charge in [0.1, 0.15) is 11.7 Å². The molecule has 1 fully saturated rings. The van der Waals surface area contributed by atoms with Crippen molar-refractivity contribution in [2.75, 3.05) is 19.8 Å². The maximum atomic E-state index is 12.6. The molecule has 0 aromatic carbocycles. The Kier molecular flexibility index (Phi) is 10.3. The van der Waals surface area contributed by atoms with Gasteiger partial charge in [0.15, 0.2) is 22.4 Å². The Hall–Kier alpha value is -0.456. The van der Waals surface area contributed by atoms with Crippen LogP contribution in [0.15, 0.2) is 0 Å². The van der Waals surface area contributed by atoms with Gasteiger partial charge in [0, 0.05) is 19.1 Å². The number of amides is 1. The van der Waals surface area contributed by atoms with Crippen LogP contribution in [0.2, 0.25) is 36.3 Å². The van der Waals surface area contributed by atoms with Crippen molar-refractivity contribution in [3.05, 3.63) is 0 Å². The molecule has 3 atom stereocenters. The first kappa shape index (κ1) is 32.6. The molecule has 35 heavy (non-hydrogen) atoms. The van der Waals surface area contributed by atoms with Gasteiger partial charge in [-0.05, 0) is 70.9 Å². The van der Waals surface area contributed by atoms with Gasteiger partial charge in [0.2, 0.25) is 0 Å². The van der Waals surface area contributed by atoms with Crippen LogP contribution < -0.4 is 5.32 Å². The van der Waals surface area contributed by atoms with Crippen molar-refractivity contribution in [2.45, 2.75) is 136 Å². The van der Waals surface area contributed by atoms with Gasteiger partial charge in [-0.1, -0.05) is 41.5 Å². The molecular weight excluding hydrogens is 478 g/mol. The van der Waals surface area contributed by atoms with Crippen molar-refractivity contribution in [1.29, 1.82) is 0 Å². The molecule has 208 valence electrons. The summed E-state index contributed by atoms with van der Waals surface area (Å²) in [5.41, 5.74) is -0.569. The number of hydrogen-bond donors (Lipinski definition) is 1. The lowest BCUT2D eigenvalue weighted by atomic mass is 9.99. The van der Waals surface area contributed by atoms with Crippen LogP contribution in [0.1, 0.15) is 76.2 Å². The first-order chi connectivity index (χ1) is 15.4. The summed E-state index contributed by atoms with van der Waals surface area (Å²) in [6, 6.07) is 0. The molecule has 1 heterocycles. The number of alkyl carbamates (subject to hydrolysis) is 1. The number of rotatable bonds is 9. The SMILES string of the molecule is CC(C)(C)OC(=O)NC[C@H](CO[Si](C)(C)C(C)(C)C)[C@H](O[Si](C)(C)C(C)(C)C)[C@H]1COC(C)(C)O1. The maximum Gasteiger partial charge on any atom is 0.407 e. The Morgan fingerprint density at radius 1 is 0.971 bits per heavy atom. The van der Waals surface area contributed by atoms with E-state index in [4.69, 9.17) is 23.1 Å². The van der Waals surface area contributed by atoms with Gasteiger partial charge < -0.3 is 28.4 Å². The zero-order chi connectivity index (χ0) is 27.7. The van der Waals surface area contributed by atoms with Gasteiger partial charge in [-0.15, -0.1) is 0 Å². The lowest BCUT2D eigenvalue weighted by Crippen LogP contribution is -2.54. The molecule has 1 aliphatic heterocycles. The second-order valence-corrected chi connectivity index (χ2v) is 24.0. The van der Waals surface area contributed by atoms with Gasteiger partial charge in [0.25, 0.3) is 0 Å². The standard InChI is InChI=1S/C26H55NO6Si2/c1-23(2,3)32-22(28)27-16-19(17-30-34(12,13)24(4,5)6)21(20-18-29-26(10,11)31-20)33-35(14,15)25(7,8)9/h19-21H,16-18H2,1-15H3,(H,27,28)/t19-,20-,21+/m1/s1. The Bertz CT molecular complexity index is 704. The van der Waals surface area contributed by atoms with Gasteiger partial charge in [-0.3, -0.25) is 0 Å². The van der Waals surface area contributed by atoms with Crippen molar-refractivity contribution in [3.8, 4) is 0 Å². The van der Waals surface area contributed by atoms with Gasteiger partial charge >= 0.3 is 6.09 Å². The molecule has 1 rings (SSSR count). The highest BCUT2D eigenvalue weighted by molar-refractivity contribution is 6.74. The monoisotopic (exact) mass is 533 g/mol. The van der Waals surface area contributed by atoms with Crippen LogP contribution in [0.4, 0.5) is 4.79 Å². The molecule has 1 aliphatic rings. The van der Waals surface area contributed by atoms with Crippen LogP contribution in [-0.4, -0.2) is 66.1 Å². The average molecular weight is 534 g/mol. The molecular formula is C26H55NO6Si2. The second-order valence-electron chi connectivity index (χ2n) is 14.4. The third-order valence-corrected chi connectivity index (χ3v) is 16.4. The summed E-state index contributed by atoms with van der Waals surface area (Å²) in [6.45, 7) is 33.1. The number of carbonyl (C=O) groups excluding carboxylic acids is 1. The second kappa shape index (κ2) is 11.1. The lowest BCUT2D eigenvalue weighted by molar-refractivity contribution is -0.154. The first-order valence-corrected chi connectivity index (χ1v) is 18.8. The summed E-state index contributed by atoms with van der Waals surface area (Å²) in [7, 11) is -4.21. The van der Waals surface area contributed by atoms with E-state index >= 15 is 0 Å². The molecule has 0 aromatic rings. The van der Waals surface area contributed by atoms with Crippen LogP contribution >= 0.6 is 0 Å². The molecule has 0 aliphatic carbocycles. The smallest absolute Gasteiger partial charge is 0.407 e. The number of nitrogens with one attached hydrogen (secondary N) is 1. The summed E-state index contributed by atoms with van der Waals surface area (Å²) < 4.78 is 31.5. The van der Waals surface area contributed by atoms with Crippen molar-refractivity contribution >= 4 is 22.7 Å². The van der Waals surface area contributed by atoms with Gasteiger partial charge in [0.05, 0.1) is 12.7 Å². The molecule has 0 spiro atoms. The summed E-state index contributed by atoms with van der Waals surface area (Å²) >= 11 is 0. The molecule has 1 N–H and O–H groups in total. The Labute approximate surface area is 217 Å². The van der Waals surface area contributed by atoms with E-state index in [0.717, 1.165) is 0 Å². The average Bonchev–Trinajstić information content (AvgIpc) is 2.96. The fraction of sp³-hybridized carbons (Fsp3) is 0.962. The van der Waals surface area contributed by atoms with E-state index in [1.54, 1.807) is 0 Å². The highest BCUT2D eigenvalue weighted by Gasteiger charge is 2.48. The van der Waals surface area contributed by atoms with E-state index in [1.807, 2.05) is 34.6 Å². The van der Waals surface area contributed by atoms with Crippen LogP contribution in [-0.2, 0) is 23.1 Å². The number of hydrogen-bond acceptors (Lipinski definition) is 6. The normalized spacial score (nSPS) is 21.5. The highest BCUT2D eigenvalue weighted by atomic mass is 28.4. The zero-order valence-electron chi connectivity index (χ0n) is 25.3.